The molecule has 222 valence electrons. The first kappa shape index (κ1) is 31.1. The number of rotatable bonds is 6. The fourth-order valence-electron chi connectivity index (χ4n) is 4.54. The van der Waals surface area contributed by atoms with E-state index >= 15 is 0 Å². The predicted octanol–water partition coefficient (Wildman–Crippen LogP) is -0.183. The van der Waals surface area contributed by atoms with E-state index in [9.17, 15) is 28.8 Å². The first-order valence-electron chi connectivity index (χ1n) is 13.8. The van der Waals surface area contributed by atoms with E-state index in [0.717, 1.165) is 5.56 Å². The van der Waals surface area contributed by atoms with Gasteiger partial charge in [0, 0.05) is 25.2 Å². The van der Waals surface area contributed by atoms with Crippen molar-refractivity contribution in [2.75, 3.05) is 13.1 Å². The van der Waals surface area contributed by atoms with Crippen molar-refractivity contribution in [3.05, 3.63) is 58.3 Å². The summed E-state index contributed by atoms with van der Waals surface area (Å²) >= 11 is 0. The van der Waals surface area contributed by atoms with Crippen molar-refractivity contribution in [1.82, 2.24) is 36.1 Å². The van der Waals surface area contributed by atoms with Gasteiger partial charge in [-0.3, -0.25) is 24.0 Å². The maximum absolute atomic E-state index is 13.6. The van der Waals surface area contributed by atoms with Crippen molar-refractivity contribution in [3.63, 3.8) is 0 Å². The molecule has 0 radical (unpaired) electrons. The molecule has 2 aromatic rings. The average molecular weight is 570 g/mol. The van der Waals surface area contributed by atoms with Crippen LogP contribution in [0.2, 0.25) is 0 Å². The largest absolute Gasteiger partial charge is 0.350 e. The Hall–Kier alpha value is -4.42. The van der Waals surface area contributed by atoms with Crippen molar-refractivity contribution in [3.8, 4) is 0 Å². The number of hydrogen-bond donors (Lipinski definition) is 6. The van der Waals surface area contributed by atoms with E-state index in [0.29, 0.717) is 12.8 Å². The van der Waals surface area contributed by atoms with Crippen molar-refractivity contribution >= 4 is 29.5 Å². The van der Waals surface area contributed by atoms with E-state index < -0.39 is 65.9 Å². The number of nitrogens with zero attached hydrogens (tertiary/aromatic N) is 1. The summed E-state index contributed by atoms with van der Waals surface area (Å²) in [6.07, 6.45) is 2.11. The van der Waals surface area contributed by atoms with Crippen LogP contribution >= 0.6 is 0 Å². The molecular formula is C28H39N7O6. The highest BCUT2D eigenvalue weighted by molar-refractivity contribution is 5.97. The molecule has 0 aliphatic carbocycles. The van der Waals surface area contributed by atoms with E-state index in [1.165, 1.54) is 18.0 Å². The fourth-order valence-corrected chi connectivity index (χ4v) is 4.54. The third-order valence-electron chi connectivity index (χ3n) is 6.75. The topological polar surface area (TPSA) is 185 Å². The maximum Gasteiger partial charge on any atom is 0.323 e. The molecule has 41 heavy (non-hydrogen) atoms. The molecule has 0 bridgehead atoms. The Kier molecular flexibility index (Phi) is 10.8. The molecule has 3 rings (SSSR count). The van der Waals surface area contributed by atoms with Gasteiger partial charge in [0.2, 0.25) is 23.6 Å². The van der Waals surface area contributed by atoms with Gasteiger partial charge in [-0.15, -0.1) is 0 Å². The molecule has 6 N–H and O–H groups in total. The van der Waals surface area contributed by atoms with Gasteiger partial charge in [-0.2, -0.15) is 0 Å². The number of carbonyl (C=O) groups is 5. The lowest BCUT2D eigenvalue weighted by Gasteiger charge is -2.29. The molecule has 1 saturated heterocycles. The summed E-state index contributed by atoms with van der Waals surface area (Å²) in [7, 11) is 0. The van der Waals surface area contributed by atoms with Crippen LogP contribution in [-0.2, 0) is 25.6 Å². The van der Waals surface area contributed by atoms with Gasteiger partial charge >= 0.3 is 5.69 Å². The van der Waals surface area contributed by atoms with Gasteiger partial charge in [0.05, 0.1) is 6.54 Å². The Labute approximate surface area is 238 Å². The van der Waals surface area contributed by atoms with Crippen LogP contribution in [0.5, 0.6) is 0 Å². The molecule has 1 aromatic carbocycles. The standard InChI is InChI=1S/C28H39N7O6/c1-5-19-14-35(27(40)22-13-29-28(41)34-22)15-23(36)30-17(4)24(37)32-20(11-16(2)3)26(39)33-21(25(38)31-19)12-18-9-7-6-8-10-18/h6-10,13,16-17,19-21H,5,11-12,14-15H2,1-4H3,(H,30,36)(H,31,38)(H,32,37)(H,33,39)(H2,29,34,41)/t17-,19+,20+,21+/m1/s1. The second-order valence-electron chi connectivity index (χ2n) is 10.7. The first-order chi connectivity index (χ1) is 19.5. The second-order valence-corrected chi connectivity index (χ2v) is 10.7. The molecule has 0 saturated carbocycles. The van der Waals surface area contributed by atoms with Crippen LogP contribution < -0.4 is 27.0 Å². The maximum atomic E-state index is 13.6. The minimum absolute atomic E-state index is 0.0448. The van der Waals surface area contributed by atoms with Gasteiger partial charge < -0.3 is 36.1 Å². The van der Waals surface area contributed by atoms with E-state index in [4.69, 9.17) is 0 Å². The quantitative estimate of drug-likeness (QED) is 0.280. The molecular weight excluding hydrogens is 530 g/mol. The SMILES string of the molecule is CC[C@H]1CN(C(=O)c2c[nH]c(=O)[nH]2)CC(=O)N[C@H](C)C(=O)N[C@@H](CC(C)C)C(=O)N[C@@H](Cc2ccccc2)C(=O)N1. The first-order valence-corrected chi connectivity index (χ1v) is 13.8. The van der Waals surface area contributed by atoms with Crippen LogP contribution in [0.1, 0.15) is 56.6 Å². The zero-order valence-electron chi connectivity index (χ0n) is 23.8. The van der Waals surface area contributed by atoms with Crippen molar-refractivity contribution < 1.29 is 24.0 Å². The number of aromatic amines is 2. The molecule has 0 spiro atoms. The van der Waals surface area contributed by atoms with Crippen molar-refractivity contribution in [2.24, 2.45) is 5.92 Å². The zero-order valence-corrected chi connectivity index (χ0v) is 23.8. The van der Waals surface area contributed by atoms with Crippen molar-refractivity contribution in [1.29, 1.82) is 0 Å². The summed E-state index contributed by atoms with van der Waals surface area (Å²) in [5, 5.41) is 11.0. The normalized spacial score (nSPS) is 23.1. The molecule has 4 atom stereocenters. The third kappa shape index (κ3) is 9.05. The summed E-state index contributed by atoms with van der Waals surface area (Å²) in [5.74, 6) is -2.79. The number of aromatic nitrogens is 2. The highest BCUT2D eigenvalue weighted by atomic mass is 16.2. The molecule has 1 aliphatic rings. The highest BCUT2D eigenvalue weighted by Gasteiger charge is 2.32. The molecule has 13 nitrogen and oxygen atoms in total. The highest BCUT2D eigenvalue weighted by Crippen LogP contribution is 2.10. The Bertz CT molecular complexity index is 1290. The Morgan fingerprint density at radius 1 is 0.927 bits per heavy atom. The van der Waals surface area contributed by atoms with E-state index in [-0.39, 0.29) is 24.6 Å². The Morgan fingerprint density at radius 2 is 1.59 bits per heavy atom. The molecule has 2 heterocycles. The number of benzene rings is 1. The molecule has 1 fully saturated rings. The number of amides is 5. The summed E-state index contributed by atoms with van der Waals surface area (Å²) < 4.78 is 0. The number of carbonyl (C=O) groups excluding carboxylic acids is 5. The number of nitrogens with one attached hydrogen (secondary N) is 6. The fraction of sp³-hybridized carbons (Fsp3) is 0.500. The number of hydrogen-bond acceptors (Lipinski definition) is 6. The third-order valence-corrected chi connectivity index (χ3v) is 6.75. The minimum Gasteiger partial charge on any atom is -0.350 e. The molecule has 13 heteroatoms. The van der Waals surface area contributed by atoms with Crippen LogP contribution in [-0.4, -0.2) is 81.7 Å². The van der Waals surface area contributed by atoms with E-state index in [1.807, 2.05) is 51.1 Å². The smallest absolute Gasteiger partial charge is 0.323 e. The molecule has 5 amide bonds. The van der Waals surface area contributed by atoms with Crippen LogP contribution in [0, 0.1) is 5.92 Å². The van der Waals surface area contributed by atoms with Gasteiger partial charge in [-0.25, -0.2) is 4.79 Å². The van der Waals surface area contributed by atoms with Gasteiger partial charge in [0.15, 0.2) is 0 Å². The second kappa shape index (κ2) is 14.3. The summed E-state index contributed by atoms with van der Waals surface area (Å²) in [6.45, 7) is 6.60. The lowest BCUT2D eigenvalue weighted by Crippen LogP contribution is -2.57. The summed E-state index contributed by atoms with van der Waals surface area (Å²) in [4.78, 5) is 83.7. The Balaban J connectivity index is 1.97. The van der Waals surface area contributed by atoms with Gasteiger partial charge in [0.1, 0.15) is 23.8 Å². The lowest BCUT2D eigenvalue weighted by molar-refractivity contribution is -0.133. The molecule has 1 aromatic heterocycles. The van der Waals surface area contributed by atoms with Crippen LogP contribution in [0.25, 0.3) is 0 Å². The average Bonchev–Trinajstić information content (AvgIpc) is 3.36. The lowest BCUT2D eigenvalue weighted by atomic mass is 10.0. The van der Waals surface area contributed by atoms with Gasteiger partial charge in [-0.1, -0.05) is 51.1 Å². The minimum atomic E-state index is -1.01. The predicted molar refractivity (Wildman–Crippen MR) is 151 cm³/mol. The van der Waals surface area contributed by atoms with Gasteiger partial charge in [0.25, 0.3) is 5.91 Å². The monoisotopic (exact) mass is 569 g/mol. The van der Waals surface area contributed by atoms with Crippen LogP contribution in [0.4, 0.5) is 0 Å². The Morgan fingerprint density at radius 3 is 2.20 bits per heavy atom. The molecule has 0 unspecified atom stereocenters. The number of H-pyrrole nitrogens is 2. The summed E-state index contributed by atoms with van der Waals surface area (Å²) in [5.41, 5.74) is 0.177. The van der Waals surface area contributed by atoms with Crippen molar-refractivity contribution in [2.45, 2.75) is 71.1 Å². The van der Waals surface area contributed by atoms with E-state index in [1.54, 1.807) is 0 Å². The van der Waals surface area contributed by atoms with Gasteiger partial charge in [-0.05, 0) is 31.2 Å². The van der Waals surface area contributed by atoms with E-state index in [2.05, 4.69) is 31.2 Å². The van der Waals surface area contributed by atoms with Crippen LogP contribution in [0.15, 0.2) is 41.3 Å². The van der Waals surface area contributed by atoms with Crippen LogP contribution in [0.3, 0.4) is 0 Å². The summed E-state index contributed by atoms with van der Waals surface area (Å²) in [6, 6.07) is 5.68. The number of imidazole rings is 1. The molecule has 1 aliphatic heterocycles. The zero-order chi connectivity index (χ0) is 30.1.